The van der Waals surface area contributed by atoms with E-state index in [0.717, 1.165) is 37.4 Å². The number of hydrogen-bond acceptors (Lipinski definition) is 3. The van der Waals surface area contributed by atoms with Gasteiger partial charge in [0.15, 0.2) is 0 Å². The van der Waals surface area contributed by atoms with Gasteiger partial charge in [0.2, 0.25) is 5.91 Å². The van der Waals surface area contributed by atoms with Gasteiger partial charge in [-0.05, 0) is 47.7 Å². The molecule has 4 rings (SSSR count). The van der Waals surface area contributed by atoms with E-state index in [1.165, 1.54) is 22.3 Å². The molecule has 1 amide bonds. The van der Waals surface area contributed by atoms with Gasteiger partial charge in [-0.3, -0.25) is 4.79 Å². The standard InChI is InChI=1S/C20H22N2O2/c1-13(15-3-5-18-16(11-15)4-7-20(23)22-18)21-12-14-2-6-19-17(10-14)8-9-24-19/h2-3,5-6,10-11,13,21H,4,7-9,12H2,1H3,(H,22,23). The molecule has 2 N–H and O–H groups in total. The summed E-state index contributed by atoms with van der Waals surface area (Å²) in [6.45, 7) is 3.82. The third kappa shape index (κ3) is 3.02. The Morgan fingerprint density at radius 2 is 2.04 bits per heavy atom. The first kappa shape index (κ1) is 15.2. The molecule has 4 heteroatoms. The van der Waals surface area contributed by atoms with Gasteiger partial charge in [-0.2, -0.15) is 0 Å². The number of anilines is 1. The average molecular weight is 322 g/mol. The molecule has 0 spiro atoms. The second-order valence-corrected chi connectivity index (χ2v) is 6.61. The summed E-state index contributed by atoms with van der Waals surface area (Å²) in [6, 6.07) is 13.0. The smallest absolute Gasteiger partial charge is 0.224 e. The van der Waals surface area contributed by atoms with E-state index in [-0.39, 0.29) is 11.9 Å². The molecule has 1 atom stereocenters. The zero-order valence-electron chi connectivity index (χ0n) is 13.9. The van der Waals surface area contributed by atoms with Gasteiger partial charge in [-0.25, -0.2) is 0 Å². The van der Waals surface area contributed by atoms with Crippen molar-refractivity contribution in [1.82, 2.24) is 5.32 Å². The molecule has 4 nitrogen and oxygen atoms in total. The van der Waals surface area contributed by atoms with Gasteiger partial charge in [0.1, 0.15) is 5.75 Å². The summed E-state index contributed by atoms with van der Waals surface area (Å²) in [5, 5.41) is 6.53. The summed E-state index contributed by atoms with van der Waals surface area (Å²) in [4.78, 5) is 11.5. The Hall–Kier alpha value is -2.33. The zero-order chi connectivity index (χ0) is 16.5. The van der Waals surface area contributed by atoms with Crippen molar-refractivity contribution >= 4 is 11.6 Å². The van der Waals surface area contributed by atoms with Crippen LogP contribution in [0.2, 0.25) is 0 Å². The van der Waals surface area contributed by atoms with Crippen molar-refractivity contribution in [2.24, 2.45) is 0 Å². The molecule has 124 valence electrons. The molecule has 1 unspecified atom stereocenters. The third-order valence-electron chi connectivity index (χ3n) is 4.89. The fourth-order valence-electron chi connectivity index (χ4n) is 3.41. The Morgan fingerprint density at radius 1 is 1.12 bits per heavy atom. The lowest BCUT2D eigenvalue weighted by Gasteiger charge is -2.20. The zero-order valence-corrected chi connectivity index (χ0v) is 13.9. The number of carbonyl (C=O) groups excluding carboxylic acids is 1. The summed E-state index contributed by atoms with van der Waals surface area (Å²) < 4.78 is 5.56. The van der Waals surface area contributed by atoms with Crippen molar-refractivity contribution in [2.45, 2.75) is 38.8 Å². The van der Waals surface area contributed by atoms with Gasteiger partial charge in [-0.15, -0.1) is 0 Å². The van der Waals surface area contributed by atoms with E-state index in [4.69, 9.17) is 4.74 Å². The number of ether oxygens (including phenoxy) is 1. The van der Waals surface area contributed by atoms with Crippen LogP contribution in [0.1, 0.15) is 41.6 Å². The number of carbonyl (C=O) groups is 1. The predicted molar refractivity (Wildman–Crippen MR) is 94.3 cm³/mol. The van der Waals surface area contributed by atoms with E-state index >= 15 is 0 Å². The SMILES string of the molecule is CC(NCc1ccc2c(c1)CCO2)c1ccc2c(c1)CCC(=O)N2. The number of aryl methyl sites for hydroxylation is 1. The largest absolute Gasteiger partial charge is 0.493 e. The van der Waals surface area contributed by atoms with Gasteiger partial charge in [-0.1, -0.05) is 24.3 Å². The van der Waals surface area contributed by atoms with Gasteiger partial charge in [0.25, 0.3) is 0 Å². The topological polar surface area (TPSA) is 50.4 Å². The quantitative estimate of drug-likeness (QED) is 0.907. The third-order valence-corrected chi connectivity index (χ3v) is 4.89. The van der Waals surface area contributed by atoms with E-state index in [2.05, 4.69) is 47.9 Å². The molecule has 0 fully saturated rings. The number of benzene rings is 2. The van der Waals surface area contributed by atoms with Crippen molar-refractivity contribution in [1.29, 1.82) is 0 Å². The van der Waals surface area contributed by atoms with E-state index in [1.807, 2.05) is 6.07 Å². The van der Waals surface area contributed by atoms with Crippen LogP contribution in [0.15, 0.2) is 36.4 Å². The lowest BCUT2D eigenvalue weighted by Crippen LogP contribution is -2.21. The minimum atomic E-state index is 0.113. The Morgan fingerprint density at radius 3 is 2.96 bits per heavy atom. The van der Waals surface area contributed by atoms with E-state index in [0.29, 0.717) is 6.42 Å². The molecule has 2 heterocycles. The Labute approximate surface area is 142 Å². The average Bonchev–Trinajstić information content (AvgIpc) is 3.07. The number of hydrogen-bond donors (Lipinski definition) is 2. The van der Waals surface area contributed by atoms with Crippen molar-refractivity contribution in [3.63, 3.8) is 0 Å². The van der Waals surface area contributed by atoms with Crippen LogP contribution in [0.5, 0.6) is 5.75 Å². The molecule has 0 aromatic heterocycles. The monoisotopic (exact) mass is 322 g/mol. The molecular weight excluding hydrogens is 300 g/mol. The second kappa shape index (κ2) is 6.29. The molecule has 0 radical (unpaired) electrons. The van der Waals surface area contributed by atoms with E-state index in [9.17, 15) is 4.79 Å². The summed E-state index contributed by atoms with van der Waals surface area (Å²) >= 11 is 0. The molecule has 0 saturated heterocycles. The van der Waals surface area contributed by atoms with Gasteiger partial charge >= 0.3 is 0 Å². The minimum Gasteiger partial charge on any atom is -0.493 e. The summed E-state index contributed by atoms with van der Waals surface area (Å²) in [5.41, 5.74) is 6.05. The maximum atomic E-state index is 11.5. The first-order chi connectivity index (χ1) is 11.7. The van der Waals surface area contributed by atoms with Gasteiger partial charge < -0.3 is 15.4 Å². The fourth-order valence-corrected chi connectivity index (χ4v) is 3.41. The molecular formula is C20H22N2O2. The van der Waals surface area contributed by atoms with Crippen molar-refractivity contribution in [3.05, 3.63) is 58.7 Å². The van der Waals surface area contributed by atoms with Crippen molar-refractivity contribution in [3.8, 4) is 5.75 Å². The second-order valence-electron chi connectivity index (χ2n) is 6.61. The maximum Gasteiger partial charge on any atom is 0.224 e. The normalized spacial score (nSPS) is 16.8. The van der Waals surface area contributed by atoms with E-state index < -0.39 is 0 Å². The minimum absolute atomic E-state index is 0.113. The molecule has 24 heavy (non-hydrogen) atoms. The molecule has 0 saturated carbocycles. The van der Waals surface area contributed by atoms with Gasteiger partial charge in [0.05, 0.1) is 6.61 Å². The van der Waals surface area contributed by atoms with E-state index in [1.54, 1.807) is 0 Å². The highest BCUT2D eigenvalue weighted by Gasteiger charge is 2.16. The Balaban J connectivity index is 1.43. The summed E-state index contributed by atoms with van der Waals surface area (Å²) in [6.07, 6.45) is 2.41. The lowest BCUT2D eigenvalue weighted by molar-refractivity contribution is -0.116. The van der Waals surface area contributed by atoms with Crippen LogP contribution in [-0.2, 0) is 24.2 Å². The van der Waals surface area contributed by atoms with Crippen molar-refractivity contribution < 1.29 is 9.53 Å². The van der Waals surface area contributed by atoms with Crippen LogP contribution in [0, 0.1) is 0 Å². The molecule has 2 aliphatic rings. The molecule has 0 aliphatic carbocycles. The Kier molecular flexibility index (Phi) is 3.98. The predicted octanol–water partition coefficient (Wildman–Crippen LogP) is 3.36. The highest BCUT2D eigenvalue weighted by Crippen LogP contribution is 2.28. The Bertz CT molecular complexity index is 785. The van der Waals surface area contributed by atoms with Gasteiger partial charge in [0, 0.05) is 31.1 Å². The number of amides is 1. The summed E-state index contributed by atoms with van der Waals surface area (Å²) in [5.74, 6) is 1.14. The molecule has 2 aliphatic heterocycles. The molecule has 2 aromatic carbocycles. The number of nitrogens with one attached hydrogen (secondary N) is 2. The summed E-state index contributed by atoms with van der Waals surface area (Å²) in [7, 11) is 0. The highest BCUT2D eigenvalue weighted by molar-refractivity contribution is 5.93. The van der Waals surface area contributed by atoms with Crippen LogP contribution < -0.4 is 15.4 Å². The molecule has 0 bridgehead atoms. The molecule has 2 aromatic rings. The first-order valence-electron chi connectivity index (χ1n) is 8.60. The van der Waals surface area contributed by atoms with Crippen LogP contribution in [0.3, 0.4) is 0 Å². The highest BCUT2D eigenvalue weighted by atomic mass is 16.5. The van der Waals surface area contributed by atoms with Crippen molar-refractivity contribution in [2.75, 3.05) is 11.9 Å². The number of fused-ring (bicyclic) bond motifs is 2. The fraction of sp³-hybridized carbons (Fsp3) is 0.350. The van der Waals surface area contributed by atoms with Crippen LogP contribution in [0.25, 0.3) is 0 Å². The first-order valence-corrected chi connectivity index (χ1v) is 8.60. The van der Waals surface area contributed by atoms with Crippen LogP contribution >= 0.6 is 0 Å². The van der Waals surface area contributed by atoms with Crippen LogP contribution in [-0.4, -0.2) is 12.5 Å². The maximum absolute atomic E-state index is 11.5. The lowest BCUT2D eigenvalue weighted by atomic mass is 9.97. The number of rotatable bonds is 4. The van der Waals surface area contributed by atoms with Crippen LogP contribution in [0.4, 0.5) is 5.69 Å².